The van der Waals surface area contributed by atoms with Gasteiger partial charge in [0.1, 0.15) is 12.7 Å². The fourth-order valence-electron chi connectivity index (χ4n) is 1.38. The summed E-state index contributed by atoms with van der Waals surface area (Å²) in [6.45, 7) is 1.27. The summed E-state index contributed by atoms with van der Waals surface area (Å²) in [6.07, 6.45) is 2.96. The van der Waals surface area contributed by atoms with Crippen LogP contribution in [0.1, 0.15) is 0 Å². The van der Waals surface area contributed by atoms with Crippen LogP contribution in [0.5, 0.6) is 0 Å². The first-order chi connectivity index (χ1) is 9.24. The smallest absolute Gasteiger partial charge is 0.258 e. The summed E-state index contributed by atoms with van der Waals surface area (Å²) in [6, 6.07) is 0. The molecule has 0 saturated carbocycles. The summed E-state index contributed by atoms with van der Waals surface area (Å²) in [5.41, 5.74) is 0. The first-order valence-corrected chi connectivity index (χ1v) is 5.73. The predicted octanol–water partition coefficient (Wildman–Crippen LogP) is -0.423. The standard InChI is InChI=1S/C10H16N8O/c1-11-8-14-9(17(2)4-5-19-3)16-10(15-8)18-7-12-6-13-18/h6-7H,4-5H2,1-3H3,(H,11,14,15,16). The molecule has 19 heavy (non-hydrogen) atoms. The molecule has 0 saturated heterocycles. The predicted molar refractivity (Wildman–Crippen MR) is 69.4 cm³/mol. The van der Waals surface area contributed by atoms with E-state index in [2.05, 4.69) is 30.4 Å². The van der Waals surface area contributed by atoms with Gasteiger partial charge in [-0.1, -0.05) is 0 Å². The number of anilines is 2. The summed E-state index contributed by atoms with van der Waals surface area (Å²) in [5, 5.41) is 6.91. The second kappa shape index (κ2) is 6.05. The molecular weight excluding hydrogens is 248 g/mol. The van der Waals surface area contributed by atoms with Crippen LogP contribution >= 0.6 is 0 Å². The van der Waals surface area contributed by atoms with Crippen LogP contribution in [0.3, 0.4) is 0 Å². The lowest BCUT2D eigenvalue weighted by molar-refractivity contribution is 0.206. The Labute approximate surface area is 110 Å². The van der Waals surface area contributed by atoms with E-state index in [9.17, 15) is 0 Å². The molecular formula is C10H16N8O. The third kappa shape index (κ3) is 3.13. The van der Waals surface area contributed by atoms with Crippen LogP contribution < -0.4 is 10.2 Å². The summed E-state index contributed by atoms with van der Waals surface area (Å²) < 4.78 is 6.52. The SMILES string of the molecule is CNc1nc(N(C)CCOC)nc(-n2cncn2)n1. The Hall–Kier alpha value is -2.29. The second-order valence-electron chi connectivity index (χ2n) is 3.76. The number of aromatic nitrogens is 6. The lowest BCUT2D eigenvalue weighted by Gasteiger charge is -2.17. The maximum atomic E-state index is 5.04. The quantitative estimate of drug-likeness (QED) is 0.751. The molecule has 0 fully saturated rings. The zero-order valence-electron chi connectivity index (χ0n) is 11.1. The zero-order chi connectivity index (χ0) is 13.7. The number of ether oxygens (including phenoxy) is 1. The molecule has 0 bridgehead atoms. The molecule has 0 aliphatic carbocycles. The molecule has 2 aromatic rings. The van der Waals surface area contributed by atoms with E-state index in [1.54, 1.807) is 14.2 Å². The Bertz CT molecular complexity index is 514. The van der Waals surface area contributed by atoms with Crippen molar-refractivity contribution in [2.75, 3.05) is 44.6 Å². The number of hydrogen-bond acceptors (Lipinski definition) is 8. The highest BCUT2D eigenvalue weighted by atomic mass is 16.5. The molecule has 0 spiro atoms. The Kier molecular flexibility index (Phi) is 4.18. The van der Waals surface area contributed by atoms with Gasteiger partial charge < -0.3 is 15.0 Å². The van der Waals surface area contributed by atoms with Crippen LogP contribution in [0, 0.1) is 0 Å². The summed E-state index contributed by atoms with van der Waals surface area (Å²) in [7, 11) is 5.29. The van der Waals surface area contributed by atoms with Gasteiger partial charge in [0, 0.05) is 27.7 Å². The number of methoxy groups -OCH3 is 1. The first kappa shape index (κ1) is 13.1. The molecule has 0 aromatic carbocycles. The maximum absolute atomic E-state index is 5.04. The maximum Gasteiger partial charge on any atom is 0.258 e. The Morgan fingerprint density at radius 1 is 1.37 bits per heavy atom. The van der Waals surface area contributed by atoms with Crippen molar-refractivity contribution in [2.24, 2.45) is 0 Å². The number of likely N-dealkylation sites (N-methyl/N-ethyl adjacent to an activating group) is 1. The molecule has 2 rings (SSSR count). The highest BCUT2D eigenvalue weighted by Crippen LogP contribution is 2.10. The average Bonchev–Trinajstić information content (AvgIpc) is 2.98. The van der Waals surface area contributed by atoms with Crippen LogP contribution in [0.2, 0.25) is 0 Å². The normalized spacial score (nSPS) is 10.5. The van der Waals surface area contributed by atoms with Gasteiger partial charge >= 0.3 is 0 Å². The Morgan fingerprint density at radius 3 is 2.84 bits per heavy atom. The lowest BCUT2D eigenvalue weighted by atomic mass is 10.6. The van der Waals surface area contributed by atoms with Crippen molar-refractivity contribution in [3.8, 4) is 5.95 Å². The first-order valence-electron chi connectivity index (χ1n) is 5.73. The average molecular weight is 264 g/mol. The third-order valence-corrected chi connectivity index (χ3v) is 2.43. The molecule has 0 radical (unpaired) electrons. The van der Waals surface area contributed by atoms with E-state index in [-0.39, 0.29) is 0 Å². The minimum absolute atomic E-state index is 0.413. The van der Waals surface area contributed by atoms with E-state index in [4.69, 9.17) is 4.74 Å². The Morgan fingerprint density at radius 2 is 2.21 bits per heavy atom. The van der Waals surface area contributed by atoms with Crippen molar-refractivity contribution < 1.29 is 4.74 Å². The van der Waals surface area contributed by atoms with E-state index < -0.39 is 0 Å². The number of nitrogens with zero attached hydrogens (tertiary/aromatic N) is 7. The fourth-order valence-corrected chi connectivity index (χ4v) is 1.38. The topological polar surface area (TPSA) is 93.9 Å². The molecule has 1 N–H and O–H groups in total. The Balaban J connectivity index is 2.31. The monoisotopic (exact) mass is 264 g/mol. The van der Waals surface area contributed by atoms with Gasteiger partial charge in [-0.05, 0) is 0 Å². The molecule has 0 unspecified atom stereocenters. The summed E-state index contributed by atoms with van der Waals surface area (Å²) >= 11 is 0. The lowest BCUT2D eigenvalue weighted by Crippen LogP contribution is -2.25. The van der Waals surface area contributed by atoms with E-state index in [1.807, 2.05) is 11.9 Å². The molecule has 0 atom stereocenters. The van der Waals surface area contributed by atoms with E-state index >= 15 is 0 Å². The summed E-state index contributed by atoms with van der Waals surface area (Å²) in [4.78, 5) is 18.6. The zero-order valence-corrected chi connectivity index (χ0v) is 11.1. The van der Waals surface area contributed by atoms with Crippen molar-refractivity contribution in [1.82, 2.24) is 29.7 Å². The minimum Gasteiger partial charge on any atom is -0.383 e. The van der Waals surface area contributed by atoms with Crippen LogP contribution in [-0.4, -0.2) is 64.1 Å². The second-order valence-corrected chi connectivity index (χ2v) is 3.76. The number of rotatable bonds is 6. The van der Waals surface area contributed by atoms with Gasteiger partial charge in [0.15, 0.2) is 0 Å². The minimum atomic E-state index is 0.413. The van der Waals surface area contributed by atoms with E-state index in [0.29, 0.717) is 31.0 Å². The van der Waals surface area contributed by atoms with Crippen molar-refractivity contribution in [3.63, 3.8) is 0 Å². The van der Waals surface area contributed by atoms with Crippen LogP contribution in [-0.2, 0) is 4.74 Å². The number of hydrogen-bond donors (Lipinski definition) is 1. The van der Waals surface area contributed by atoms with Crippen molar-refractivity contribution >= 4 is 11.9 Å². The van der Waals surface area contributed by atoms with Crippen molar-refractivity contribution in [1.29, 1.82) is 0 Å². The molecule has 2 aromatic heterocycles. The molecule has 0 aliphatic rings. The van der Waals surface area contributed by atoms with E-state index in [1.165, 1.54) is 17.3 Å². The van der Waals surface area contributed by atoms with Crippen molar-refractivity contribution in [3.05, 3.63) is 12.7 Å². The molecule has 9 heteroatoms. The van der Waals surface area contributed by atoms with Crippen LogP contribution in [0.15, 0.2) is 12.7 Å². The van der Waals surface area contributed by atoms with Crippen LogP contribution in [0.4, 0.5) is 11.9 Å². The molecule has 0 amide bonds. The van der Waals surface area contributed by atoms with Crippen molar-refractivity contribution in [2.45, 2.75) is 0 Å². The molecule has 0 aliphatic heterocycles. The van der Waals surface area contributed by atoms with Gasteiger partial charge in [-0.25, -0.2) is 4.98 Å². The molecule has 9 nitrogen and oxygen atoms in total. The van der Waals surface area contributed by atoms with Gasteiger partial charge in [0.05, 0.1) is 6.61 Å². The van der Waals surface area contributed by atoms with Gasteiger partial charge in [0.25, 0.3) is 5.95 Å². The third-order valence-electron chi connectivity index (χ3n) is 2.43. The molecule has 2 heterocycles. The summed E-state index contributed by atoms with van der Waals surface area (Å²) in [5.74, 6) is 1.43. The highest BCUT2D eigenvalue weighted by Gasteiger charge is 2.11. The fraction of sp³-hybridized carbons (Fsp3) is 0.500. The van der Waals surface area contributed by atoms with Crippen LogP contribution in [0.25, 0.3) is 5.95 Å². The van der Waals surface area contributed by atoms with Gasteiger partial charge in [-0.15, -0.1) is 0 Å². The van der Waals surface area contributed by atoms with Gasteiger partial charge in [-0.2, -0.15) is 24.7 Å². The van der Waals surface area contributed by atoms with Gasteiger partial charge in [-0.3, -0.25) is 0 Å². The largest absolute Gasteiger partial charge is 0.383 e. The number of nitrogens with one attached hydrogen (secondary N) is 1. The molecule has 102 valence electrons. The highest BCUT2D eigenvalue weighted by molar-refractivity contribution is 5.38. The van der Waals surface area contributed by atoms with Gasteiger partial charge in [0.2, 0.25) is 11.9 Å². The van der Waals surface area contributed by atoms with E-state index in [0.717, 1.165) is 0 Å².